The Morgan fingerprint density at radius 1 is 1.26 bits per heavy atom. The summed E-state index contributed by atoms with van der Waals surface area (Å²) in [7, 11) is 0. The number of para-hydroxylation sites is 1. The lowest BCUT2D eigenvalue weighted by Gasteiger charge is -2.08. The zero-order valence-electron chi connectivity index (χ0n) is 9.95. The molecule has 0 aliphatic carbocycles. The summed E-state index contributed by atoms with van der Waals surface area (Å²) < 4.78 is 13.2. The van der Waals surface area contributed by atoms with Crippen molar-refractivity contribution in [2.75, 3.05) is 5.32 Å². The Morgan fingerprint density at radius 2 is 2.16 bits per heavy atom. The van der Waals surface area contributed by atoms with Gasteiger partial charge in [0.15, 0.2) is 0 Å². The van der Waals surface area contributed by atoms with E-state index >= 15 is 0 Å². The van der Waals surface area contributed by atoms with Crippen LogP contribution in [0.2, 0.25) is 5.02 Å². The van der Waals surface area contributed by atoms with Crippen molar-refractivity contribution in [2.24, 2.45) is 0 Å². The molecule has 1 heterocycles. The second kappa shape index (κ2) is 4.90. The van der Waals surface area contributed by atoms with Gasteiger partial charge in [0, 0.05) is 17.0 Å². The SMILES string of the molecule is Fc1cc(Cl)cc(CNc2cccc3cn[nH]c23)c1. The van der Waals surface area contributed by atoms with Gasteiger partial charge >= 0.3 is 0 Å². The van der Waals surface area contributed by atoms with Crippen LogP contribution in [0, 0.1) is 5.82 Å². The molecule has 0 fully saturated rings. The molecule has 3 rings (SSSR count). The number of halogens is 2. The lowest BCUT2D eigenvalue weighted by atomic mass is 10.2. The molecule has 2 N–H and O–H groups in total. The van der Waals surface area contributed by atoms with Crippen LogP contribution in [0.4, 0.5) is 10.1 Å². The summed E-state index contributed by atoms with van der Waals surface area (Å²) >= 11 is 5.83. The van der Waals surface area contributed by atoms with E-state index in [4.69, 9.17) is 11.6 Å². The number of anilines is 1. The van der Waals surface area contributed by atoms with Crippen LogP contribution in [0.15, 0.2) is 42.6 Å². The predicted molar refractivity (Wildman–Crippen MR) is 74.8 cm³/mol. The van der Waals surface area contributed by atoms with Crippen LogP contribution < -0.4 is 5.32 Å². The van der Waals surface area contributed by atoms with E-state index in [0.717, 1.165) is 22.2 Å². The van der Waals surface area contributed by atoms with Gasteiger partial charge in [-0.25, -0.2) is 4.39 Å². The third kappa shape index (κ3) is 2.53. The molecule has 1 aromatic heterocycles. The van der Waals surface area contributed by atoms with Crippen molar-refractivity contribution in [3.63, 3.8) is 0 Å². The summed E-state index contributed by atoms with van der Waals surface area (Å²) in [6.07, 6.45) is 1.76. The number of rotatable bonds is 3. The number of aromatic amines is 1. The van der Waals surface area contributed by atoms with Crippen molar-refractivity contribution < 1.29 is 4.39 Å². The smallest absolute Gasteiger partial charge is 0.125 e. The molecule has 5 heteroatoms. The maximum atomic E-state index is 13.2. The first-order chi connectivity index (χ1) is 9.22. The maximum Gasteiger partial charge on any atom is 0.125 e. The van der Waals surface area contributed by atoms with Crippen molar-refractivity contribution >= 4 is 28.2 Å². The van der Waals surface area contributed by atoms with Crippen LogP contribution in [0.25, 0.3) is 10.9 Å². The van der Waals surface area contributed by atoms with Gasteiger partial charge < -0.3 is 5.32 Å². The highest BCUT2D eigenvalue weighted by atomic mass is 35.5. The number of nitrogens with zero attached hydrogens (tertiary/aromatic N) is 1. The first kappa shape index (κ1) is 12.0. The van der Waals surface area contributed by atoms with Gasteiger partial charge in [-0.15, -0.1) is 0 Å². The molecule has 19 heavy (non-hydrogen) atoms. The number of hydrogen-bond donors (Lipinski definition) is 2. The minimum absolute atomic E-state index is 0.330. The van der Waals surface area contributed by atoms with E-state index in [-0.39, 0.29) is 5.82 Å². The molecule has 0 aliphatic rings. The molecule has 0 saturated carbocycles. The molecule has 96 valence electrons. The monoisotopic (exact) mass is 275 g/mol. The van der Waals surface area contributed by atoms with Crippen LogP contribution >= 0.6 is 11.6 Å². The largest absolute Gasteiger partial charge is 0.379 e. The average molecular weight is 276 g/mol. The van der Waals surface area contributed by atoms with Gasteiger partial charge in [0.25, 0.3) is 0 Å². The number of benzene rings is 2. The van der Waals surface area contributed by atoms with Crippen molar-refractivity contribution in [1.82, 2.24) is 10.2 Å². The van der Waals surface area contributed by atoms with Crippen molar-refractivity contribution in [3.05, 3.63) is 59.0 Å². The summed E-state index contributed by atoms with van der Waals surface area (Å²) in [6, 6.07) is 10.4. The van der Waals surface area contributed by atoms with Crippen LogP contribution in [0.1, 0.15) is 5.56 Å². The third-order valence-corrected chi connectivity index (χ3v) is 3.10. The fourth-order valence-corrected chi connectivity index (χ4v) is 2.27. The Balaban J connectivity index is 1.84. The Morgan fingerprint density at radius 3 is 3.00 bits per heavy atom. The number of aromatic nitrogens is 2. The molecule has 0 unspecified atom stereocenters. The summed E-state index contributed by atoms with van der Waals surface area (Å²) in [5.41, 5.74) is 2.65. The average Bonchev–Trinajstić information content (AvgIpc) is 2.83. The molecule has 3 nitrogen and oxygen atoms in total. The van der Waals surface area contributed by atoms with Crippen LogP contribution in [-0.2, 0) is 6.54 Å². The fourth-order valence-electron chi connectivity index (χ4n) is 2.03. The van der Waals surface area contributed by atoms with Gasteiger partial charge in [-0.1, -0.05) is 23.7 Å². The van der Waals surface area contributed by atoms with E-state index in [1.54, 1.807) is 12.3 Å². The Bertz CT molecular complexity index is 703. The second-order valence-electron chi connectivity index (χ2n) is 4.27. The van der Waals surface area contributed by atoms with Crippen molar-refractivity contribution in [2.45, 2.75) is 6.54 Å². The normalized spacial score (nSPS) is 10.8. The number of hydrogen-bond acceptors (Lipinski definition) is 2. The van der Waals surface area contributed by atoms with Crippen LogP contribution in [0.5, 0.6) is 0 Å². The zero-order valence-corrected chi connectivity index (χ0v) is 10.7. The minimum atomic E-state index is -0.330. The molecule has 0 atom stereocenters. The predicted octanol–water partition coefficient (Wildman–Crippen LogP) is 3.97. The van der Waals surface area contributed by atoms with Crippen molar-refractivity contribution in [3.8, 4) is 0 Å². The zero-order chi connectivity index (χ0) is 13.2. The first-order valence-electron chi connectivity index (χ1n) is 5.83. The number of fused-ring (bicyclic) bond motifs is 1. The maximum absolute atomic E-state index is 13.2. The highest BCUT2D eigenvalue weighted by molar-refractivity contribution is 6.30. The van der Waals surface area contributed by atoms with E-state index in [2.05, 4.69) is 15.5 Å². The molecular weight excluding hydrogens is 265 g/mol. The fraction of sp³-hybridized carbons (Fsp3) is 0.0714. The summed E-state index contributed by atoms with van der Waals surface area (Å²) in [4.78, 5) is 0. The van der Waals surface area contributed by atoms with Crippen LogP contribution in [0.3, 0.4) is 0 Å². The molecule has 2 aromatic carbocycles. The molecule has 0 saturated heterocycles. The third-order valence-electron chi connectivity index (χ3n) is 2.88. The number of nitrogens with one attached hydrogen (secondary N) is 2. The van der Waals surface area contributed by atoms with Gasteiger partial charge in [0.1, 0.15) is 5.82 Å². The molecule has 0 radical (unpaired) electrons. The molecule has 3 aromatic rings. The minimum Gasteiger partial charge on any atom is -0.379 e. The van der Waals surface area contributed by atoms with E-state index < -0.39 is 0 Å². The van der Waals surface area contributed by atoms with Crippen molar-refractivity contribution in [1.29, 1.82) is 0 Å². The second-order valence-corrected chi connectivity index (χ2v) is 4.71. The summed E-state index contributed by atoms with van der Waals surface area (Å²) in [6.45, 7) is 0.496. The molecule has 0 aliphatic heterocycles. The van der Waals surface area contributed by atoms with E-state index in [1.807, 2.05) is 18.2 Å². The van der Waals surface area contributed by atoms with Gasteiger partial charge in [-0.2, -0.15) is 5.10 Å². The molecular formula is C14H11ClFN3. The Kier molecular flexibility index (Phi) is 3.09. The van der Waals surface area contributed by atoms with Gasteiger partial charge in [0.2, 0.25) is 0 Å². The number of H-pyrrole nitrogens is 1. The molecule has 0 amide bonds. The summed E-state index contributed by atoms with van der Waals surface area (Å²) in [5, 5.41) is 11.6. The van der Waals surface area contributed by atoms with E-state index in [9.17, 15) is 4.39 Å². The van der Waals surface area contributed by atoms with E-state index in [0.29, 0.717) is 11.6 Å². The standard InChI is InChI=1S/C14H11ClFN3/c15-11-4-9(5-12(16)6-11)7-17-13-3-1-2-10-8-18-19-14(10)13/h1-6,8,17H,7H2,(H,18,19). The van der Waals surface area contributed by atoms with Gasteiger partial charge in [0.05, 0.1) is 17.4 Å². The van der Waals surface area contributed by atoms with Gasteiger partial charge in [-0.3, -0.25) is 5.10 Å². The quantitative estimate of drug-likeness (QED) is 0.759. The lowest BCUT2D eigenvalue weighted by molar-refractivity contribution is 0.626. The Labute approximate surface area is 114 Å². The topological polar surface area (TPSA) is 40.7 Å². The Hall–Kier alpha value is -2.07. The van der Waals surface area contributed by atoms with Gasteiger partial charge in [-0.05, 0) is 29.8 Å². The highest BCUT2D eigenvalue weighted by Gasteiger charge is 2.03. The lowest BCUT2D eigenvalue weighted by Crippen LogP contribution is -2.00. The molecule has 0 bridgehead atoms. The van der Waals surface area contributed by atoms with Crippen LogP contribution in [-0.4, -0.2) is 10.2 Å². The summed E-state index contributed by atoms with van der Waals surface area (Å²) in [5.74, 6) is -0.330. The first-order valence-corrected chi connectivity index (χ1v) is 6.21. The van der Waals surface area contributed by atoms with E-state index in [1.165, 1.54) is 12.1 Å². The molecule has 0 spiro atoms. The highest BCUT2D eigenvalue weighted by Crippen LogP contribution is 2.22.